The molecule has 1 N–H and O–H groups in total. The Morgan fingerprint density at radius 2 is 2.27 bits per heavy atom. The van der Waals surface area contributed by atoms with Crippen LogP contribution in [0.4, 0.5) is 0 Å². The average molecular weight is 288 g/mol. The molecule has 0 amide bonds. The molecule has 1 aromatic heterocycles. The number of nitrogens with one attached hydrogen (secondary N) is 1. The van der Waals surface area contributed by atoms with E-state index in [0.29, 0.717) is 12.2 Å². The number of Topliss-reactive ketones (excluding diaryl/α,β-unsaturated/α-hetero) is 1. The lowest BCUT2D eigenvalue weighted by Gasteiger charge is -2.21. The molecule has 2 rings (SSSR count). The predicted molar refractivity (Wildman–Crippen MR) is 66.3 cm³/mol. The fourth-order valence-electron chi connectivity index (χ4n) is 1.90. The summed E-state index contributed by atoms with van der Waals surface area (Å²) in [6, 6.07) is 2.01. The summed E-state index contributed by atoms with van der Waals surface area (Å²) < 4.78 is 1.08. The van der Waals surface area contributed by atoms with E-state index in [-0.39, 0.29) is 5.92 Å². The number of piperidine rings is 1. The Labute approximate surface area is 102 Å². The topological polar surface area (TPSA) is 29.1 Å². The van der Waals surface area contributed by atoms with Gasteiger partial charge in [0, 0.05) is 21.7 Å². The smallest absolute Gasteiger partial charge is 0.141 e. The molecule has 15 heavy (non-hydrogen) atoms. The maximum absolute atomic E-state index is 12.0. The van der Waals surface area contributed by atoms with Gasteiger partial charge >= 0.3 is 0 Å². The number of hydrogen-bond donors (Lipinski definition) is 1. The molecule has 2 heterocycles. The van der Waals surface area contributed by atoms with Crippen LogP contribution in [0.25, 0.3) is 0 Å². The van der Waals surface area contributed by atoms with Crippen molar-refractivity contribution in [2.24, 2.45) is 5.92 Å². The van der Waals surface area contributed by atoms with E-state index in [2.05, 4.69) is 21.2 Å². The van der Waals surface area contributed by atoms with Crippen molar-refractivity contribution >= 4 is 33.0 Å². The Morgan fingerprint density at radius 3 is 2.87 bits per heavy atom. The van der Waals surface area contributed by atoms with E-state index in [1.807, 2.05) is 11.4 Å². The molecule has 0 unspecified atom stereocenters. The van der Waals surface area contributed by atoms with Gasteiger partial charge in [0.15, 0.2) is 0 Å². The number of hydrogen-bond acceptors (Lipinski definition) is 3. The molecule has 0 radical (unpaired) electrons. The van der Waals surface area contributed by atoms with Crippen molar-refractivity contribution in [1.82, 2.24) is 5.32 Å². The molecule has 0 saturated carbocycles. The van der Waals surface area contributed by atoms with E-state index in [0.717, 1.165) is 30.4 Å². The molecule has 0 aromatic carbocycles. The second kappa shape index (κ2) is 5.23. The summed E-state index contributed by atoms with van der Waals surface area (Å²) in [5, 5.41) is 5.30. The van der Waals surface area contributed by atoms with E-state index >= 15 is 0 Å². The first-order valence-corrected chi connectivity index (χ1v) is 6.90. The fraction of sp³-hybridized carbons (Fsp3) is 0.545. The summed E-state index contributed by atoms with van der Waals surface area (Å²) in [6.07, 6.45) is 2.60. The van der Waals surface area contributed by atoms with E-state index in [1.54, 1.807) is 11.3 Å². The predicted octanol–water partition coefficient (Wildman–Crippen LogP) is 2.62. The molecule has 1 saturated heterocycles. The number of ketones is 1. The van der Waals surface area contributed by atoms with Gasteiger partial charge in [0.25, 0.3) is 0 Å². The Kier molecular flexibility index (Phi) is 3.94. The first-order chi connectivity index (χ1) is 7.27. The summed E-state index contributed by atoms with van der Waals surface area (Å²) >= 11 is 5.12. The Hall–Kier alpha value is -0.190. The highest BCUT2D eigenvalue weighted by Crippen LogP contribution is 2.25. The maximum Gasteiger partial charge on any atom is 0.141 e. The number of carbonyl (C=O) groups is 1. The van der Waals surface area contributed by atoms with Crippen LogP contribution in [-0.4, -0.2) is 18.9 Å². The lowest BCUT2D eigenvalue weighted by Crippen LogP contribution is -2.32. The summed E-state index contributed by atoms with van der Waals surface area (Å²) in [5.74, 6) is 0.680. The highest BCUT2D eigenvalue weighted by molar-refractivity contribution is 9.10. The van der Waals surface area contributed by atoms with Crippen LogP contribution >= 0.6 is 27.3 Å². The maximum atomic E-state index is 12.0. The molecule has 1 fully saturated rings. The summed E-state index contributed by atoms with van der Waals surface area (Å²) in [7, 11) is 0. The van der Waals surface area contributed by atoms with Crippen molar-refractivity contribution in [3.05, 3.63) is 20.8 Å². The average Bonchev–Trinajstić information content (AvgIpc) is 2.66. The minimum atomic E-state index is 0.278. The SMILES string of the molecule is O=C(Cc1sccc1Br)C1CCNCC1. The second-order valence-electron chi connectivity index (χ2n) is 3.86. The van der Waals surface area contributed by atoms with Gasteiger partial charge < -0.3 is 5.32 Å². The molecule has 2 nitrogen and oxygen atoms in total. The monoisotopic (exact) mass is 287 g/mol. The largest absolute Gasteiger partial charge is 0.317 e. The summed E-state index contributed by atoms with van der Waals surface area (Å²) in [4.78, 5) is 13.1. The zero-order valence-electron chi connectivity index (χ0n) is 8.46. The van der Waals surface area contributed by atoms with Crippen molar-refractivity contribution in [2.75, 3.05) is 13.1 Å². The third kappa shape index (κ3) is 2.89. The Morgan fingerprint density at radius 1 is 1.53 bits per heavy atom. The fourth-order valence-corrected chi connectivity index (χ4v) is 3.40. The van der Waals surface area contributed by atoms with Gasteiger partial charge in [-0.3, -0.25) is 4.79 Å². The molecule has 1 aromatic rings. The molecular formula is C11H14BrNOS. The number of rotatable bonds is 3. The molecule has 1 aliphatic rings. The number of thiophene rings is 1. The van der Waals surface area contributed by atoms with Crippen molar-refractivity contribution in [2.45, 2.75) is 19.3 Å². The lowest BCUT2D eigenvalue weighted by molar-refractivity contribution is -0.122. The highest BCUT2D eigenvalue weighted by Gasteiger charge is 2.21. The van der Waals surface area contributed by atoms with Crippen LogP contribution in [0.15, 0.2) is 15.9 Å². The van der Waals surface area contributed by atoms with Gasteiger partial charge in [0.1, 0.15) is 5.78 Å². The Bertz CT molecular complexity index is 344. The first kappa shape index (κ1) is 11.3. The lowest BCUT2D eigenvalue weighted by atomic mass is 9.92. The normalized spacial score (nSPS) is 17.9. The molecule has 0 bridgehead atoms. The van der Waals surface area contributed by atoms with Crippen LogP contribution in [-0.2, 0) is 11.2 Å². The van der Waals surface area contributed by atoms with Crippen LogP contribution in [0.1, 0.15) is 17.7 Å². The van der Waals surface area contributed by atoms with Crippen LogP contribution in [0.3, 0.4) is 0 Å². The standard InChI is InChI=1S/C11H14BrNOS/c12-9-3-6-15-11(9)7-10(14)8-1-4-13-5-2-8/h3,6,8,13H,1-2,4-5,7H2. The van der Waals surface area contributed by atoms with E-state index in [4.69, 9.17) is 0 Å². The minimum absolute atomic E-state index is 0.278. The van der Waals surface area contributed by atoms with E-state index < -0.39 is 0 Å². The third-order valence-electron chi connectivity index (χ3n) is 2.82. The van der Waals surface area contributed by atoms with Gasteiger partial charge in [0.05, 0.1) is 0 Å². The first-order valence-electron chi connectivity index (χ1n) is 5.22. The molecule has 0 aliphatic carbocycles. The van der Waals surface area contributed by atoms with Crippen LogP contribution in [0, 0.1) is 5.92 Å². The number of carbonyl (C=O) groups excluding carboxylic acids is 1. The summed E-state index contributed by atoms with van der Waals surface area (Å²) in [6.45, 7) is 1.98. The van der Waals surface area contributed by atoms with Crippen molar-refractivity contribution in [1.29, 1.82) is 0 Å². The van der Waals surface area contributed by atoms with Crippen LogP contribution < -0.4 is 5.32 Å². The molecule has 4 heteroatoms. The summed E-state index contributed by atoms with van der Waals surface area (Å²) in [5.41, 5.74) is 0. The van der Waals surface area contributed by atoms with Gasteiger partial charge in [-0.1, -0.05) is 0 Å². The van der Waals surface area contributed by atoms with Crippen molar-refractivity contribution < 1.29 is 4.79 Å². The number of halogens is 1. The minimum Gasteiger partial charge on any atom is -0.317 e. The molecule has 0 atom stereocenters. The van der Waals surface area contributed by atoms with Gasteiger partial charge in [-0.05, 0) is 53.3 Å². The van der Waals surface area contributed by atoms with Gasteiger partial charge in [-0.15, -0.1) is 11.3 Å². The molecule has 1 aliphatic heterocycles. The molecule has 82 valence electrons. The van der Waals surface area contributed by atoms with Gasteiger partial charge in [-0.25, -0.2) is 0 Å². The van der Waals surface area contributed by atoms with E-state index in [9.17, 15) is 4.79 Å². The van der Waals surface area contributed by atoms with Crippen molar-refractivity contribution in [3.8, 4) is 0 Å². The van der Waals surface area contributed by atoms with Gasteiger partial charge in [0.2, 0.25) is 0 Å². The van der Waals surface area contributed by atoms with Crippen LogP contribution in [0.5, 0.6) is 0 Å². The third-order valence-corrected chi connectivity index (χ3v) is 4.75. The molecular weight excluding hydrogens is 274 g/mol. The Balaban J connectivity index is 1.94. The van der Waals surface area contributed by atoms with Crippen molar-refractivity contribution in [3.63, 3.8) is 0 Å². The van der Waals surface area contributed by atoms with E-state index in [1.165, 1.54) is 4.88 Å². The van der Waals surface area contributed by atoms with Crippen LogP contribution in [0.2, 0.25) is 0 Å². The zero-order chi connectivity index (χ0) is 10.7. The zero-order valence-corrected chi connectivity index (χ0v) is 10.9. The highest BCUT2D eigenvalue weighted by atomic mass is 79.9. The quantitative estimate of drug-likeness (QED) is 0.926. The second-order valence-corrected chi connectivity index (χ2v) is 5.71. The molecule has 0 spiro atoms. The van der Waals surface area contributed by atoms with Gasteiger partial charge in [-0.2, -0.15) is 0 Å².